The molecule has 0 radical (unpaired) electrons. The van der Waals surface area contributed by atoms with E-state index in [1.165, 1.54) is 47.5 Å². The number of rotatable bonds is 3. The van der Waals surface area contributed by atoms with Gasteiger partial charge in [0, 0.05) is 23.6 Å². The molecule has 2 aromatic carbocycles. The number of anilines is 2. The Bertz CT molecular complexity index is 532. The van der Waals surface area contributed by atoms with E-state index in [2.05, 4.69) is 0 Å². The molecule has 2 aromatic rings. The first kappa shape index (κ1) is 13.1. The highest BCUT2D eigenvalue weighted by Gasteiger charge is 2.15. The van der Waals surface area contributed by atoms with Crippen molar-refractivity contribution in [3.8, 4) is 0 Å². The number of nitrogens with zero attached hydrogens (tertiary/aromatic N) is 2. The summed E-state index contributed by atoms with van der Waals surface area (Å²) in [6, 6.07) is 11.2. The second kappa shape index (κ2) is 5.52. The van der Waals surface area contributed by atoms with Gasteiger partial charge in [0.2, 0.25) is 0 Å². The molecule has 2 rings (SSSR count). The second-order valence-electron chi connectivity index (χ2n) is 3.48. The van der Waals surface area contributed by atoms with E-state index in [0.717, 1.165) is 4.05 Å². The minimum absolute atomic E-state index is 0.381. The quantitative estimate of drug-likeness (QED) is 0.600. The van der Waals surface area contributed by atoms with Crippen LogP contribution in [0.25, 0.3) is 0 Å². The van der Waals surface area contributed by atoms with E-state index >= 15 is 0 Å². The minimum Gasteiger partial charge on any atom is -0.246 e. The molecule has 6 heteroatoms. The van der Waals surface area contributed by atoms with Gasteiger partial charge in [0.1, 0.15) is 11.6 Å². The molecule has 0 saturated carbocycles. The Labute approximate surface area is 113 Å². The molecule has 0 N–H and O–H groups in total. The van der Waals surface area contributed by atoms with Crippen molar-refractivity contribution in [2.24, 2.45) is 0 Å². The van der Waals surface area contributed by atoms with Crippen molar-refractivity contribution in [3.63, 3.8) is 0 Å². The smallest absolute Gasteiger partial charge is 0.125 e. The molecule has 0 aliphatic carbocycles. The highest BCUT2D eigenvalue weighted by molar-refractivity contribution is 6.34. The molecular formula is C12H8Cl2F2N2. The molecule has 2 nitrogen and oxygen atoms in total. The molecular weight excluding hydrogens is 281 g/mol. The number of benzene rings is 2. The van der Waals surface area contributed by atoms with Crippen molar-refractivity contribution in [1.82, 2.24) is 4.05 Å². The lowest BCUT2D eigenvalue weighted by Gasteiger charge is -2.26. The van der Waals surface area contributed by atoms with E-state index in [1.807, 2.05) is 0 Å². The summed E-state index contributed by atoms with van der Waals surface area (Å²) in [6.45, 7) is 0. The first-order valence-corrected chi connectivity index (χ1v) is 5.68. The van der Waals surface area contributed by atoms with E-state index in [1.54, 1.807) is 6.07 Å². The van der Waals surface area contributed by atoms with Crippen LogP contribution < -0.4 is 5.01 Å². The summed E-state index contributed by atoms with van der Waals surface area (Å²) in [5.41, 5.74) is 0.929. The average molecular weight is 289 g/mol. The summed E-state index contributed by atoms with van der Waals surface area (Å²) in [6.07, 6.45) is 0. The molecule has 0 heterocycles. The molecule has 0 saturated heterocycles. The number of hydrogen-bond acceptors (Lipinski definition) is 2. The zero-order valence-corrected chi connectivity index (χ0v) is 10.5. The van der Waals surface area contributed by atoms with Gasteiger partial charge < -0.3 is 0 Å². The minimum atomic E-state index is -0.421. The molecule has 0 amide bonds. The second-order valence-corrected chi connectivity index (χ2v) is 4.30. The molecule has 0 bridgehead atoms. The van der Waals surface area contributed by atoms with Crippen molar-refractivity contribution in [3.05, 3.63) is 60.2 Å². The maximum atomic E-state index is 13.2. The lowest BCUT2D eigenvalue weighted by Crippen LogP contribution is -2.24. The van der Waals surface area contributed by atoms with Crippen LogP contribution in [0.15, 0.2) is 48.5 Å². The van der Waals surface area contributed by atoms with Crippen molar-refractivity contribution in [1.29, 1.82) is 0 Å². The molecule has 18 heavy (non-hydrogen) atoms. The van der Waals surface area contributed by atoms with Gasteiger partial charge in [-0.25, -0.2) is 13.8 Å². The summed E-state index contributed by atoms with van der Waals surface area (Å²) < 4.78 is 26.8. The van der Waals surface area contributed by atoms with Crippen LogP contribution in [0.1, 0.15) is 0 Å². The monoisotopic (exact) mass is 288 g/mol. The Hall–Kier alpha value is -1.36. The van der Waals surface area contributed by atoms with Crippen LogP contribution in [0.2, 0.25) is 0 Å². The van der Waals surface area contributed by atoms with Gasteiger partial charge in [0.05, 0.1) is 11.4 Å². The lowest BCUT2D eigenvalue weighted by molar-refractivity contribution is 0.622. The molecule has 0 aliphatic rings. The highest BCUT2D eigenvalue weighted by atomic mass is 35.5. The maximum absolute atomic E-state index is 13.2. The van der Waals surface area contributed by atoms with Crippen LogP contribution in [0, 0.1) is 11.6 Å². The van der Waals surface area contributed by atoms with E-state index in [-0.39, 0.29) is 5.82 Å². The normalized spacial score (nSPS) is 10.7. The van der Waals surface area contributed by atoms with Crippen LogP contribution in [0.5, 0.6) is 0 Å². The van der Waals surface area contributed by atoms with E-state index in [0.29, 0.717) is 11.4 Å². The average Bonchev–Trinajstić information content (AvgIpc) is 2.32. The zero-order valence-electron chi connectivity index (χ0n) is 9.03. The number of hydrazine groups is 1. The van der Waals surface area contributed by atoms with Gasteiger partial charge in [-0.15, -0.1) is 0 Å². The molecule has 0 aliphatic heterocycles. The third kappa shape index (κ3) is 2.90. The fourth-order valence-electron chi connectivity index (χ4n) is 1.51. The molecule has 0 spiro atoms. The van der Waals surface area contributed by atoms with E-state index < -0.39 is 5.82 Å². The fraction of sp³-hybridized carbons (Fsp3) is 0. The summed E-state index contributed by atoms with van der Waals surface area (Å²) in [5.74, 6) is -0.802. The van der Waals surface area contributed by atoms with Crippen LogP contribution in [0.3, 0.4) is 0 Å². The van der Waals surface area contributed by atoms with Crippen molar-refractivity contribution in [2.75, 3.05) is 5.01 Å². The Morgan fingerprint density at radius 3 is 2.00 bits per heavy atom. The Kier molecular flexibility index (Phi) is 4.01. The Morgan fingerprint density at radius 2 is 1.44 bits per heavy atom. The first-order valence-electron chi connectivity index (χ1n) is 5.01. The predicted octanol–water partition coefficient (Wildman–Crippen LogP) is 4.63. The molecule has 0 atom stereocenters. The fourth-order valence-corrected chi connectivity index (χ4v) is 1.86. The van der Waals surface area contributed by atoms with Gasteiger partial charge >= 0.3 is 0 Å². The largest absolute Gasteiger partial charge is 0.246 e. The predicted molar refractivity (Wildman–Crippen MR) is 68.5 cm³/mol. The van der Waals surface area contributed by atoms with Gasteiger partial charge in [-0.3, -0.25) is 0 Å². The van der Waals surface area contributed by atoms with Crippen LogP contribution in [-0.2, 0) is 0 Å². The SMILES string of the molecule is Fc1ccc(N(c2cccc(F)c2)N(Cl)Cl)cc1. The molecule has 0 fully saturated rings. The third-order valence-corrected chi connectivity index (χ3v) is 2.58. The third-order valence-electron chi connectivity index (χ3n) is 2.28. The molecule has 0 aromatic heterocycles. The van der Waals surface area contributed by atoms with E-state index in [4.69, 9.17) is 23.6 Å². The number of hydrogen-bond donors (Lipinski definition) is 0. The standard InChI is InChI=1S/C12H8Cl2F2N2/c13-18(14)17(11-6-4-9(15)5-7-11)12-3-1-2-10(16)8-12/h1-8H. The van der Waals surface area contributed by atoms with Gasteiger partial charge in [-0.05, 0) is 46.5 Å². The van der Waals surface area contributed by atoms with Gasteiger partial charge in [-0.1, -0.05) is 6.07 Å². The van der Waals surface area contributed by atoms with Crippen LogP contribution >= 0.6 is 23.6 Å². The van der Waals surface area contributed by atoms with Gasteiger partial charge in [-0.2, -0.15) is 0 Å². The Balaban J connectivity index is 2.43. The lowest BCUT2D eigenvalue weighted by atomic mass is 10.2. The summed E-state index contributed by atoms with van der Waals surface area (Å²) in [7, 11) is 0. The van der Waals surface area contributed by atoms with Gasteiger partial charge in [0.15, 0.2) is 0 Å². The summed E-state index contributed by atoms with van der Waals surface area (Å²) in [5, 5.41) is 1.33. The topological polar surface area (TPSA) is 6.48 Å². The van der Waals surface area contributed by atoms with Crippen molar-refractivity contribution < 1.29 is 8.78 Å². The van der Waals surface area contributed by atoms with Crippen LogP contribution in [-0.4, -0.2) is 4.05 Å². The molecule has 0 unspecified atom stereocenters. The maximum Gasteiger partial charge on any atom is 0.125 e. The highest BCUT2D eigenvalue weighted by Crippen LogP contribution is 2.30. The van der Waals surface area contributed by atoms with Gasteiger partial charge in [0.25, 0.3) is 0 Å². The van der Waals surface area contributed by atoms with Crippen molar-refractivity contribution >= 4 is 34.9 Å². The van der Waals surface area contributed by atoms with Crippen LogP contribution in [0.4, 0.5) is 20.2 Å². The molecule has 94 valence electrons. The van der Waals surface area contributed by atoms with Crippen molar-refractivity contribution in [2.45, 2.75) is 0 Å². The summed E-state index contributed by atoms with van der Waals surface area (Å²) in [4.78, 5) is 0. The van der Waals surface area contributed by atoms with E-state index in [9.17, 15) is 8.78 Å². The zero-order chi connectivity index (χ0) is 13.1. The summed E-state index contributed by atoms with van der Waals surface area (Å²) >= 11 is 11.4. The first-order chi connectivity index (χ1) is 8.58. The Morgan fingerprint density at radius 1 is 0.778 bits per heavy atom. The number of halogens is 4.